The summed E-state index contributed by atoms with van der Waals surface area (Å²) in [7, 11) is 0. The third-order valence-electron chi connectivity index (χ3n) is 3.85. The number of rotatable bonds is 4. The van der Waals surface area contributed by atoms with E-state index in [0.717, 1.165) is 0 Å². The van der Waals surface area contributed by atoms with Crippen LogP contribution in [0.25, 0.3) is 0 Å². The first-order valence-corrected chi connectivity index (χ1v) is 7.27. The molecule has 1 amide bonds. The molecule has 2 nitrogen and oxygen atoms in total. The van der Waals surface area contributed by atoms with Crippen LogP contribution in [0.15, 0.2) is 30.3 Å². The van der Waals surface area contributed by atoms with Gasteiger partial charge in [-0.25, -0.2) is 22.0 Å². The predicted molar refractivity (Wildman–Crippen MR) is 75.6 cm³/mol. The predicted octanol–water partition coefficient (Wildman–Crippen LogP) is 4.19. The number of amides is 1. The van der Waals surface area contributed by atoms with Crippen molar-refractivity contribution in [3.05, 3.63) is 70.5 Å². The van der Waals surface area contributed by atoms with Crippen molar-refractivity contribution in [2.45, 2.75) is 25.4 Å². The summed E-state index contributed by atoms with van der Waals surface area (Å²) >= 11 is 0. The number of hydrogen-bond donors (Lipinski definition) is 0. The summed E-state index contributed by atoms with van der Waals surface area (Å²) < 4.78 is 66.5. The maximum absolute atomic E-state index is 13.9. The molecule has 0 unspecified atom stereocenters. The molecule has 3 rings (SSSR count). The second-order valence-electron chi connectivity index (χ2n) is 5.64. The van der Waals surface area contributed by atoms with Crippen LogP contribution in [0.5, 0.6) is 0 Å². The van der Waals surface area contributed by atoms with Gasteiger partial charge in [-0.3, -0.25) is 4.79 Å². The fourth-order valence-electron chi connectivity index (χ4n) is 2.42. The Labute approximate surface area is 134 Å². The first-order valence-electron chi connectivity index (χ1n) is 7.27. The Kier molecular flexibility index (Phi) is 4.26. The van der Waals surface area contributed by atoms with Gasteiger partial charge in [-0.2, -0.15) is 0 Å². The van der Waals surface area contributed by atoms with Crippen LogP contribution in [-0.4, -0.2) is 16.8 Å². The molecule has 1 aliphatic carbocycles. The van der Waals surface area contributed by atoms with Crippen LogP contribution in [0.4, 0.5) is 22.0 Å². The molecule has 1 aliphatic rings. The SMILES string of the molecule is O=C(c1cc(F)c(F)c(F)c1F)N(Cc1ccc(F)cc1)C1CC1. The zero-order valence-electron chi connectivity index (χ0n) is 12.3. The van der Waals surface area contributed by atoms with Crippen LogP contribution in [0.2, 0.25) is 0 Å². The molecule has 1 fully saturated rings. The highest BCUT2D eigenvalue weighted by Crippen LogP contribution is 2.31. The van der Waals surface area contributed by atoms with E-state index in [-0.39, 0.29) is 12.6 Å². The molecule has 24 heavy (non-hydrogen) atoms. The molecular weight excluding hydrogens is 329 g/mol. The van der Waals surface area contributed by atoms with Gasteiger partial charge in [0.1, 0.15) is 5.82 Å². The van der Waals surface area contributed by atoms with Crippen LogP contribution < -0.4 is 0 Å². The number of carbonyl (C=O) groups is 1. The van der Waals surface area contributed by atoms with E-state index < -0.39 is 40.6 Å². The average molecular weight is 341 g/mol. The van der Waals surface area contributed by atoms with Gasteiger partial charge in [-0.1, -0.05) is 12.1 Å². The Morgan fingerprint density at radius 2 is 1.58 bits per heavy atom. The highest BCUT2D eigenvalue weighted by molar-refractivity contribution is 5.95. The molecule has 0 aliphatic heterocycles. The molecule has 0 bridgehead atoms. The van der Waals surface area contributed by atoms with Crippen molar-refractivity contribution in [2.75, 3.05) is 0 Å². The maximum Gasteiger partial charge on any atom is 0.257 e. The van der Waals surface area contributed by atoms with Crippen molar-refractivity contribution in [1.29, 1.82) is 0 Å². The Morgan fingerprint density at radius 3 is 2.17 bits per heavy atom. The van der Waals surface area contributed by atoms with Gasteiger partial charge >= 0.3 is 0 Å². The summed E-state index contributed by atoms with van der Waals surface area (Å²) in [6.45, 7) is 0.0316. The van der Waals surface area contributed by atoms with Crippen molar-refractivity contribution in [1.82, 2.24) is 4.90 Å². The molecule has 2 aromatic rings. The van der Waals surface area contributed by atoms with Gasteiger partial charge in [0, 0.05) is 12.6 Å². The Bertz CT molecular complexity index is 787. The van der Waals surface area contributed by atoms with E-state index in [4.69, 9.17) is 0 Å². The summed E-state index contributed by atoms with van der Waals surface area (Å²) in [4.78, 5) is 13.7. The third-order valence-corrected chi connectivity index (χ3v) is 3.85. The topological polar surface area (TPSA) is 20.3 Å². The smallest absolute Gasteiger partial charge is 0.257 e. The Hall–Kier alpha value is -2.44. The molecule has 0 radical (unpaired) electrons. The third kappa shape index (κ3) is 3.11. The van der Waals surface area contributed by atoms with Crippen molar-refractivity contribution in [3.8, 4) is 0 Å². The fraction of sp³-hybridized carbons (Fsp3) is 0.235. The standard InChI is InChI=1S/C17H12F5NO/c18-10-3-1-9(2-4-10)8-23(11-5-6-11)17(24)12-7-13(19)15(21)16(22)14(12)20/h1-4,7,11H,5-6,8H2. The summed E-state index contributed by atoms with van der Waals surface area (Å²) in [5, 5.41) is 0. The minimum Gasteiger partial charge on any atom is -0.331 e. The number of benzene rings is 2. The zero-order chi connectivity index (χ0) is 17.4. The van der Waals surface area contributed by atoms with Crippen LogP contribution in [-0.2, 0) is 6.54 Å². The first-order chi connectivity index (χ1) is 11.4. The van der Waals surface area contributed by atoms with Gasteiger partial charge in [-0.05, 0) is 36.6 Å². The minimum absolute atomic E-state index is 0.0316. The van der Waals surface area contributed by atoms with Crippen LogP contribution in [0.3, 0.4) is 0 Å². The van der Waals surface area contributed by atoms with E-state index in [0.29, 0.717) is 24.5 Å². The molecule has 0 saturated heterocycles. The van der Waals surface area contributed by atoms with Gasteiger partial charge in [0.2, 0.25) is 0 Å². The van der Waals surface area contributed by atoms with Crippen molar-refractivity contribution >= 4 is 5.91 Å². The van der Waals surface area contributed by atoms with E-state index in [1.165, 1.54) is 29.2 Å². The molecule has 7 heteroatoms. The van der Waals surface area contributed by atoms with Gasteiger partial charge < -0.3 is 4.90 Å². The van der Waals surface area contributed by atoms with E-state index in [2.05, 4.69) is 0 Å². The summed E-state index contributed by atoms with van der Waals surface area (Å²) in [5.41, 5.74) is -0.277. The molecule has 0 atom stereocenters. The van der Waals surface area contributed by atoms with Crippen molar-refractivity contribution in [2.24, 2.45) is 0 Å². The number of nitrogens with zero attached hydrogens (tertiary/aromatic N) is 1. The van der Waals surface area contributed by atoms with E-state index in [1.807, 2.05) is 0 Å². The zero-order valence-corrected chi connectivity index (χ0v) is 12.3. The largest absolute Gasteiger partial charge is 0.331 e. The molecule has 0 N–H and O–H groups in total. The Morgan fingerprint density at radius 1 is 0.958 bits per heavy atom. The van der Waals surface area contributed by atoms with Gasteiger partial charge in [0.25, 0.3) is 5.91 Å². The highest BCUT2D eigenvalue weighted by atomic mass is 19.2. The maximum atomic E-state index is 13.9. The minimum atomic E-state index is -2.02. The second kappa shape index (κ2) is 6.22. The van der Waals surface area contributed by atoms with Crippen LogP contribution in [0.1, 0.15) is 28.8 Å². The lowest BCUT2D eigenvalue weighted by molar-refractivity contribution is 0.0723. The normalized spacial score (nSPS) is 13.9. The summed E-state index contributed by atoms with van der Waals surface area (Å²) in [6.07, 6.45) is 1.33. The number of hydrogen-bond acceptors (Lipinski definition) is 1. The molecule has 0 aromatic heterocycles. The highest BCUT2D eigenvalue weighted by Gasteiger charge is 2.35. The van der Waals surface area contributed by atoms with Gasteiger partial charge in [0.05, 0.1) is 5.56 Å². The second-order valence-corrected chi connectivity index (χ2v) is 5.64. The lowest BCUT2D eigenvalue weighted by atomic mass is 10.1. The number of halogens is 5. The first kappa shape index (κ1) is 16.4. The Balaban J connectivity index is 1.92. The molecule has 0 heterocycles. The monoisotopic (exact) mass is 341 g/mol. The molecule has 0 spiro atoms. The van der Waals surface area contributed by atoms with E-state index >= 15 is 0 Å². The van der Waals surface area contributed by atoms with Gasteiger partial charge in [-0.15, -0.1) is 0 Å². The molecule has 126 valence electrons. The average Bonchev–Trinajstić information content (AvgIpc) is 3.40. The molecule has 1 saturated carbocycles. The quantitative estimate of drug-likeness (QED) is 0.464. The summed E-state index contributed by atoms with van der Waals surface area (Å²) in [6, 6.07) is 5.50. The van der Waals surface area contributed by atoms with Crippen molar-refractivity contribution < 1.29 is 26.7 Å². The van der Waals surface area contributed by atoms with E-state index in [1.54, 1.807) is 0 Å². The number of carbonyl (C=O) groups excluding carboxylic acids is 1. The molecular formula is C17H12F5NO. The van der Waals surface area contributed by atoms with E-state index in [9.17, 15) is 26.7 Å². The van der Waals surface area contributed by atoms with Crippen LogP contribution in [0, 0.1) is 29.1 Å². The lowest BCUT2D eigenvalue weighted by Crippen LogP contribution is -2.33. The fourth-order valence-corrected chi connectivity index (χ4v) is 2.42. The summed E-state index contributed by atoms with van der Waals surface area (Å²) in [5.74, 6) is -8.70. The molecule has 2 aromatic carbocycles. The van der Waals surface area contributed by atoms with Crippen molar-refractivity contribution in [3.63, 3.8) is 0 Å². The van der Waals surface area contributed by atoms with Crippen LogP contribution >= 0.6 is 0 Å². The van der Waals surface area contributed by atoms with Gasteiger partial charge in [0.15, 0.2) is 23.3 Å². The lowest BCUT2D eigenvalue weighted by Gasteiger charge is -2.23.